The first-order chi connectivity index (χ1) is 10.2. The van der Waals surface area contributed by atoms with Gasteiger partial charge >= 0.3 is 0 Å². The summed E-state index contributed by atoms with van der Waals surface area (Å²) in [5.74, 6) is 0. The van der Waals surface area contributed by atoms with Gasteiger partial charge in [0.2, 0.25) is 0 Å². The van der Waals surface area contributed by atoms with Crippen molar-refractivity contribution in [2.75, 3.05) is 37.3 Å². The van der Waals surface area contributed by atoms with E-state index in [-0.39, 0.29) is 0 Å². The molecule has 2 heterocycles. The van der Waals surface area contributed by atoms with Crippen molar-refractivity contribution in [3.63, 3.8) is 0 Å². The first-order valence-electron chi connectivity index (χ1n) is 7.79. The van der Waals surface area contributed by atoms with Gasteiger partial charge in [0, 0.05) is 43.4 Å². The highest BCUT2D eigenvalue weighted by molar-refractivity contribution is 5.98. The average Bonchev–Trinajstić information content (AvgIpc) is 2.55. The van der Waals surface area contributed by atoms with Gasteiger partial charge in [-0.3, -0.25) is 4.98 Å². The summed E-state index contributed by atoms with van der Waals surface area (Å²) < 4.78 is 0. The fraction of sp³-hybridized carbons (Fsp3) is 0.471. The van der Waals surface area contributed by atoms with Crippen LogP contribution in [0, 0.1) is 0 Å². The SMILES string of the molecule is CCN1CCC(N(C)c2ccc(N)c3cccnc23)CC1. The van der Waals surface area contributed by atoms with E-state index < -0.39 is 0 Å². The second-order valence-electron chi connectivity index (χ2n) is 5.85. The number of benzene rings is 1. The highest BCUT2D eigenvalue weighted by atomic mass is 15.2. The van der Waals surface area contributed by atoms with E-state index in [2.05, 4.69) is 40.9 Å². The summed E-state index contributed by atoms with van der Waals surface area (Å²) in [6.45, 7) is 5.77. The molecule has 2 N–H and O–H groups in total. The Labute approximate surface area is 126 Å². The van der Waals surface area contributed by atoms with Crippen LogP contribution in [0.25, 0.3) is 10.9 Å². The zero-order chi connectivity index (χ0) is 14.8. The van der Waals surface area contributed by atoms with Crippen molar-refractivity contribution in [1.82, 2.24) is 9.88 Å². The number of rotatable bonds is 3. The maximum absolute atomic E-state index is 6.07. The summed E-state index contributed by atoms with van der Waals surface area (Å²) in [4.78, 5) is 9.47. The van der Waals surface area contributed by atoms with Crippen molar-refractivity contribution in [1.29, 1.82) is 0 Å². The molecule has 0 spiro atoms. The number of likely N-dealkylation sites (tertiary alicyclic amines) is 1. The van der Waals surface area contributed by atoms with E-state index in [1.165, 1.54) is 31.6 Å². The Balaban J connectivity index is 1.88. The van der Waals surface area contributed by atoms with Crippen molar-refractivity contribution in [2.24, 2.45) is 0 Å². The lowest BCUT2D eigenvalue weighted by Gasteiger charge is -2.37. The molecule has 0 radical (unpaired) electrons. The van der Waals surface area contributed by atoms with Gasteiger partial charge in [0.05, 0.1) is 11.2 Å². The van der Waals surface area contributed by atoms with Crippen LogP contribution in [0.15, 0.2) is 30.5 Å². The van der Waals surface area contributed by atoms with Gasteiger partial charge in [-0.2, -0.15) is 0 Å². The smallest absolute Gasteiger partial charge is 0.0955 e. The number of piperidine rings is 1. The summed E-state index contributed by atoms with van der Waals surface area (Å²) in [7, 11) is 2.19. The van der Waals surface area contributed by atoms with Crippen LogP contribution in [0.5, 0.6) is 0 Å². The monoisotopic (exact) mass is 284 g/mol. The van der Waals surface area contributed by atoms with E-state index in [9.17, 15) is 0 Å². The van der Waals surface area contributed by atoms with Crippen LogP contribution in [-0.2, 0) is 0 Å². The molecule has 112 valence electrons. The Morgan fingerprint density at radius 3 is 2.76 bits per heavy atom. The number of fused-ring (bicyclic) bond motifs is 1. The van der Waals surface area contributed by atoms with Gasteiger partial charge in [-0.1, -0.05) is 6.92 Å². The molecule has 1 saturated heterocycles. The minimum Gasteiger partial charge on any atom is -0.398 e. The Bertz CT molecular complexity index is 617. The van der Waals surface area contributed by atoms with Crippen LogP contribution in [0.1, 0.15) is 19.8 Å². The largest absolute Gasteiger partial charge is 0.398 e. The van der Waals surface area contributed by atoms with Crippen molar-refractivity contribution >= 4 is 22.3 Å². The summed E-state index contributed by atoms with van der Waals surface area (Å²) in [6, 6.07) is 8.69. The van der Waals surface area contributed by atoms with Gasteiger partial charge in [-0.05, 0) is 43.7 Å². The standard InChI is InChI=1S/C17H24N4/c1-3-21-11-8-13(9-12-21)20(2)16-7-6-15(18)14-5-4-10-19-17(14)16/h4-7,10,13H,3,8-9,11-12,18H2,1-2H3. The fourth-order valence-corrected chi connectivity index (χ4v) is 3.28. The summed E-state index contributed by atoms with van der Waals surface area (Å²) >= 11 is 0. The molecule has 1 aromatic carbocycles. The van der Waals surface area contributed by atoms with Crippen LogP contribution in [0.4, 0.5) is 11.4 Å². The predicted molar refractivity (Wildman–Crippen MR) is 89.7 cm³/mol. The Kier molecular flexibility index (Phi) is 3.97. The van der Waals surface area contributed by atoms with Gasteiger partial charge in [-0.25, -0.2) is 0 Å². The number of nitrogens with two attached hydrogens (primary N) is 1. The third kappa shape index (κ3) is 2.68. The molecule has 21 heavy (non-hydrogen) atoms. The molecule has 2 aromatic rings. The van der Waals surface area contributed by atoms with Gasteiger partial charge in [0.15, 0.2) is 0 Å². The quantitative estimate of drug-likeness (QED) is 0.880. The predicted octanol–water partition coefficient (Wildman–Crippen LogP) is 2.74. The fourth-order valence-electron chi connectivity index (χ4n) is 3.28. The number of anilines is 2. The Morgan fingerprint density at radius 1 is 1.29 bits per heavy atom. The van der Waals surface area contributed by atoms with Crippen LogP contribution in [-0.4, -0.2) is 42.6 Å². The maximum Gasteiger partial charge on any atom is 0.0955 e. The second kappa shape index (κ2) is 5.90. The van der Waals surface area contributed by atoms with Gasteiger partial charge in [0.25, 0.3) is 0 Å². The molecule has 1 aromatic heterocycles. The molecule has 0 amide bonds. The highest BCUT2D eigenvalue weighted by Gasteiger charge is 2.23. The number of hydrogen-bond donors (Lipinski definition) is 1. The molecule has 4 nitrogen and oxygen atoms in total. The molecule has 0 unspecified atom stereocenters. The number of nitrogen functional groups attached to an aromatic ring is 1. The Morgan fingerprint density at radius 2 is 2.05 bits per heavy atom. The molecular weight excluding hydrogens is 260 g/mol. The zero-order valence-corrected chi connectivity index (χ0v) is 12.9. The molecular formula is C17H24N4. The molecule has 1 aliphatic heterocycles. The third-order valence-corrected chi connectivity index (χ3v) is 4.71. The number of pyridine rings is 1. The van der Waals surface area contributed by atoms with Crippen molar-refractivity contribution < 1.29 is 0 Å². The number of hydrogen-bond acceptors (Lipinski definition) is 4. The molecule has 3 rings (SSSR count). The van der Waals surface area contributed by atoms with Crippen molar-refractivity contribution in [3.05, 3.63) is 30.5 Å². The van der Waals surface area contributed by atoms with Crippen molar-refractivity contribution in [2.45, 2.75) is 25.8 Å². The van der Waals surface area contributed by atoms with Crippen LogP contribution < -0.4 is 10.6 Å². The van der Waals surface area contributed by atoms with Gasteiger partial charge < -0.3 is 15.5 Å². The Hall–Kier alpha value is -1.81. The first-order valence-corrected chi connectivity index (χ1v) is 7.79. The molecule has 1 aliphatic rings. The first kappa shape index (κ1) is 14.1. The normalized spacial score (nSPS) is 17.2. The minimum atomic E-state index is 0.585. The lowest BCUT2D eigenvalue weighted by Crippen LogP contribution is -2.43. The molecule has 1 fully saturated rings. The van der Waals surface area contributed by atoms with E-state index in [1.807, 2.05) is 18.3 Å². The van der Waals surface area contributed by atoms with Crippen LogP contribution >= 0.6 is 0 Å². The van der Waals surface area contributed by atoms with E-state index in [1.54, 1.807) is 0 Å². The average molecular weight is 284 g/mol. The zero-order valence-electron chi connectivity index (χ0n) is 12.9. The molecule has 0 bridgehead atoms. The number of nitrogens with zero attached hydrogens (tertiary/aromatic N) is 3. The summed E-state index contributed by atoms with van der Waals surface area (Å²) in [5.41, 5.74) is 9.08. The van der Waals surface area contributed by atoms with E-state index >= 15 is 0 Å². The lowest BCUT2D eigenvalue weighted by molar-refractivity contribution is 0.221. The topological polar surface area (TPSA) is 45.4 Å². The van der Waals surface area contributed by atoms with Gasteiger partial charge in [-0.15, -0.1) is 0 Å². The second-order valence-corrected chi connectivity index (χ2v) is 5.85. The molecule has 4 heteroatoms. The molecule has 0 saturated carbocycles. The van der Waals surface area contributed by atoms with Gasteiger partial charge in [0.1, 0.15) is 0 Å². The summed E-state index contributed by atoms with van der Waals surface area (Å²) in [5, 5.41) is 1.05. The van der Waals surface area contributed by atoms with E-state index in [0.717, 1.165) is 23.1 Å². The minimum absolute atomic E-state index is 0.585. The third-order valence-electron chi connectivity index (χ3n) is 4.71. The van der Waals surface area contributed by atoms with Crippen molar-refractivity contribution in [3.8, 4) is 0 Å². The maximum atomic E-state index is 6.07. The van der Waals surface area contributed by atoms with E-state index in [4.69, 9.17) is 5.73 Å². The molecule has 0 aliphatic carbocycles. The molecule has 0 atom stereocenters. The summed E-state index contributed by atoms with van der Waals surface area (Å²) in [6.07, 6.45) is 4.27. The van der Waals surface area contributed by atoms with E-state index in [0.29, 0.717) is 6.04 Å². The van der Waals surface area contributed by atoms with Crippen LogP contribution in [0.2, 0.25) is 0 Å². The van der Waals surface area contributed by atoms with Crippen LogP contribution in [0.3, 0.4) is 0 Å². The lowest BCUT2D eigenvalue weighted by atomic mass is 10.0. The highest BCUT2D eigenvalue weighted by Crippen LogP contribution is 2.31. The number of aromatic nitrogens is 1.